The number of nitrogens with zero attached hydrogens (tertiary/aromatic N) is 3. The van der Waals surface area contributed by atoms with Crippen LogP contribution in [0.25, 0.3) is 27.4 Å². The summed E-state index contributed by atoms with van der Waals surface area (Å²) >= 11 is 0. The lowest BCUT2D eigenvalue weighted by Gasteiger charge is -2.59. The molecule has 6 aliphatic rings. The van der Waals surface area contributed by atoms with E-state index in [9.17, 15) is 4.79 Å². The Labute approximate surface area is 248 Å². The molecule has 1 aliphatic carbocycles. The number of nitrogens with one attached hydrogen (secondary N) is 1. The summed E-state index contributed by atoms with van der Waals surface area (Å²) in [6.07, 6.45) is 20.5. The largest absolute Gasteiger partial charge is 0.353 e. The minimum atomic E-state index is -0.366. The van der Waals surface area contributed by atoms with Crippen LogP contribution in [0.5, 0.6) is 0 Å². The molecule has 2 aromatic heterocycles. The number of fused-ring (bicyclic) bond motifs is 4. The molecule has 1 spiro atoms. The molecule has 6 heteroatoms. The summed E-state index contributed by atoms with van der Waals surface area (Å²) in [6.45, 7) is 4.44. The molecule has 9 rings (SSSR count). The molecule has 5 aliphatic heterocycles. The van der Waals surface area contributed by atoms with Gasteiger partial charge in [0, 0.05) is 53.8 Å². The van der Waals surface area contributed by atoms with Crippen LogP contribution >= 0.6 is 0 Å². The number of Topliss-reactive ketones (excluding diaryl/α,β-unsaturated/α-hetero) is 1. The van der Waals surface area contributed by atoms with Crippen LogP contribution in [-0.2, 0) is 9.53 Å². The number of hydrogen-bond donors (Lipinski definition) is 1. The van der Waals surface area contributed by atoms with Gasteiger partial charge in [-0.05, 0) is 101 Å². The van der Waals surface area contributed by atoms with E-state index in [1.54, 1.807) is 0 Å². The van der Waals surface area contributed by atoms with Crippen LogP contribution in [0.1, 0.15) is 76.3 Å². The van der Waals surface area contributed by atoms with Gasteiger partial charge in [-0.3, -0.25) is 14.7 Å². The van der Waals surface area contributed by atoms with E-state index in [1.165, 1.54) is 47.7 Å². The molecule has 0 saturated carbocycles. The molecule has 5 bridgehead atoms. The summed E-state index contributed by atoms with van der Waals surface area (Å²) < 4.78 is 7.53. The maximum atomic E-state index is 12.8. The quantitative estimate of drug-likeness (QED) is 0.338. The zero-order valence-electron chi connectivity index (χ0n) is 24.6. The van der Waals surface area contributed by atoms with Gasteiger partial charge in [-0.25, -0.2) is 0 Å². The smallest absolute Gasteiger partial charge is 0.133 e. The first kappa shape index (κ1) is 25.7. The number of aromatic amines is 1. The summed E-state index contributed by atoms with van der Waals surface area (Å²) in [5, 5.41) is 2.52. The number of allylic oxidation sites excluding steroid dienone is 3. The fraction of sp³-hybridized carbons (Fsp3) is 0.556. The number of rotatable bonds is 1. The maximum Gasteiger partial charge on any atom is 0.133 e. The predicted octanol–water partition coefficient (Wildman–Crippen LogP) is 6.62. The lowest BCUT2D eigenvalue weighted by atomic mass is 9.53. The Balaban J connectivity index is 1.27. The third kappa shape index (κ3) is 3.55. The number of hydrogen-bond acceptors (Lipinski definition) is 5. The second-order valence-electron chi connectivity index (χ2n) is 14.1. The zero-order valence-corrected chi connectivity index (χ0v) is 24.6. The Morgan fingerprint density at radius 2 is 1.88 bits per heavy atom. The highest BCUT2D eigenvalue weighted by molar-refractivity contribution is 6.09. The van der Waals surface area contributed by atoms with Crippen LogP contribution in [0.15, 0.2) is 54.8 Å². The Hall–Kier alpha value is -2.80. The normalized spacial score (nSPS) is 39.2. The summed E-state index contributed by atoms with van der Waals surface area (Å²) in [5.74, 6) is 0.850. The molecule has 6 atom stereocenters. The van der Waals surface area contributed by atoms with Crippen LogP contribution in [0.4, 0.5) is 0 Å². The lowest BCUT2D eigenvalue weighted by Crippen LogP contribution is -2.65. The number of para-hydroxylation sites is 1. The number of piperidine rings is 1. The second-order valence-corrected chi connectivity index (χ2v) is 14.1. The van der Waals surface area contributed by atoms with Gasteiger partial charge in [0.1, 0.15) is 17.1 Å². The third-order valence-electron chi connectivity index (χ3n) is 11.9. The first-order valence-corrected chi connectivity index (χ1v) is 16.6. The molecule has 4 saturated heterocycles. The molecule has 5 unspecified atom stereocenters. The minimum Gasteiger partial charge on any atom is -0.353 e. The van der Waals surface area contributed by atoms with Crippen molar-refractivity contribution < 1.29 is 9.53 Å². The number of carbonyl (C=O) groups is 1. The average Bonchev–Trinajstić information content (AvgIpc) is 3.58. The predicted molar refractivity (Wildman–Crippen MR) is 166 cm³/mol. The van der Waals surface area contributed by atoms with Gasteiger partial charge in [-0.2, -0.15) is 0 Å². The zero-order chi connectivity index (χ0) is 27.9. The van der Waals surface area contributed by atoms with Crippen molar-refractivity contribution in [1.82, 2.24) is 19.8 Å². The van der Waals surface area contributed by atoms with Crippen LogP contribution in [0.2, 0.25) is 0 Å². The molecule has 42 heavy (non-hydrogen) atoms. The Kier molecular flexibility index (Phi) is 5.71. The molecular formula is C36H42N4O2. The van der Waals surface area contributed by atoms with Crippen molar-refractivity contribution >= 4 is 33.2 Å². The molecule has 0 amide bonds. The van der Waals surface area contributed by atoms with Crippen molar-refractivity contribution in [3.63, 3.8) is 0 Å². The van der Waals surface area contributed by atoms with Crippen LogP contribution in [-0.4, -0.2) is 69.1 Å². The van der Waals surface area contributed by atoms with Crippen molar-refractivity contribution in [2.75, 3.05) is 26.2 Å². The Morgan fingerprint density at radius 3 is 2.86 bits per heavy atom. The monoisotopic (exact) mass is 562 g/mol. The minimum absolute atomic E-state index is 0.0988. The standard InChI is InChI=1S/C36H42N4O2/c41-25-10-9-20-40-33-34-23-36(40,17-13-25)42-35(33)16-7-3-1-2-4-8-19-39(24-34)21-15-29(34)28(22-35)31-32-27(14-18-37-31)26-11-5-6-12-30(26)38-32/h1,3,5-6,11-12,14,18,22,29,33,38H,2,4,7-10,13,15-17,19-21,23-24H2/b3-1-/t29?,33?,34?,35?,36-/m1/s1. The SMILES string of the molecule is O=C1CCCN2C3C45C=C(c6nccc7c6[nH]c6ccccc67)C6CCN(CCCC/C=C\CC4)CC63C[C@@]2(CC1)O5. The van der Waals surface area contributed by atoms with E-state index in [2.05, 4.69) is 63.3 Å². The average molecular weight is 563 g/mol. The molecule has 6 nitrogen and oxygen atoms in total. The molecule has 1 aromatic carbocycles. The molecule has 0 radical (unpaired) electrons. The van der Waals surface area contributed by atoms with Gasteiger partial charge in [-0.1, -0.05) is 30.4 Å². The fourth-order valence-corrected chi connectivity index (χ4v) is 10.5. The highest BCUT2D eigenvalue weighted by atomic mass is 16.6. The number of aromatic nitrogens is 2. The molecule has 1 N–H and O–H groups in total. The highest BCUT2D eigenvalue weighted by Crippen LogP contribution is 2.70. The lowest BCUT2D eigenvalue weighted by molar-refractivity contribution is -0.180. The molecule has 7 heterocycles. The van der Waals surface area contributed by atoms with E-state index in [0.717, 1.165) is 69.4 Å². The van der Waals surface area contributed by atoms with Gasteiger partial charge in [0.2, 0.25) is 0 Å². The molecule has 3 aromatic rings. The number of ether oxygens (including phenoxy) is 1. The second kappa shape index (κ2) is 9.35. The summed E-state index contributed by atoms with van der Waals surface area (Å²) in [7, 11) is 0. The highest BCUT2D eigenvalue weighted by Gasteiger charge is 2.77. The van der Waals surface area contributed by atoms with Crippen molar-refractivity contribution in [2.24, 2.45) is 11.3 Å². The number of H-pyrrole nitrogens is 1. The maximum absolute atomic E-state index is 12.8. The molecule has 4 fully saturated rings. The van der Waals surface area contributed by atoms with E-state index in [-0.39, 0.29) is 16.7 Å². The van der Waals surface area contributed by atoms with E-state index in [4.69, 9.17) is 9.72 Å². The summed E-state index contributed by atoms with van der Waals surface area (Å²) in [5.41, 5.74) is 4.28. The van der Waals surface area contributed by atoms with Gasteiger partial charge >= 0.3 is 0 Å². The molecule has 218 valence electrons. The van der Waals surface area contributed by atoms with Crippen LogP contribution in [0.3, 0.4) is 0 Å². The number of pyridine rings is 1. The first-order valence-electron chi connectivity index (χ1n) is 16.6. The van der Waals surface area contributed by atoms with Gasteiger partial charge < -0.3 is 14.6 Å². The number of carbonyl (C=O) groups excluding carboxylic acids is 1. The number of benzene rings is 1. The van der Waals surface area contributed by atoms with E-state index in [1.807, 2.05) is 6.20 Å². The first-order chi connectivity index (χ1) is 20.6. The third-order valence-corrected chi connectivity index (χ3v) is 11.9. The fourth-order valence-electron chi connectivity index (χ4n) is 10.5. The topological polar surface area (TPSA) is 61.5 Å². The van der Waals surface area contributed by atoms with E-state index < -0.39 is 0 Å². The van der Waals surface area contributed by atoms with Crippen LogP contribution < -0.4 is 0 Å². The Morgan fingerprint density at radius 1 is 0.952 bits per heavy atom. The van der Waals surface area contributed by atoms with Gasteiger partial charge in [0.25, 0.3) is 0 Å². The van der Waals surface area contributed by atoms with Gasteiger partial charge in [-0.15, -0.1) is 0 Å². The summed E-state index contributed by atoms with van der Waals surface area (Å²) in [6, 6.07) is 11.2. The van der Waals surface area contributed by atoms with Gasteiger partial charge in [0.05, 0.1) is 17.3 Å². The Bertz CT molecular complexity index is 1640. The van der Waals surface area contributed by atoms with E-state index in [0.29, 0.717) is 30.6 Å². The van der Waals surface area contributed by atoms with E-state index >= 15 is 0 Å². The summed E-state index contributed by atoms with van der Waals surface area (Å²) in [4.78, 5) is 27.3. The van der Waals surface area contributed by atoms with Crippen molar-refractivity contribution in [3.05, 3.63) is 60.5 Å². The van der Waals surface area contributed by atoms with Crippen molar-refractivity contribution in [1.29, 1.82) is 0 Å². The van der Waals surface area contributed by atoms with Gasteiger partial charge in [0.15, 0.2) is 0 Å². The number of ketones is 1. The molecular weight excluding hydrogens is 520 g/mol. The van der Waals surface area contributed by atoms with Crippen molar-refractivity contribution in [3.8, 4) is 0 Å². The van der Waals surface area contributed by atoms with Crippen molar-refractivity contribution in [2.45, 2.75) is 88.0 Å². The van der Waals surface area contributed by atoms with Crippen LogP contribution in [0, 0.1) is 11.3 Å².